The molecule has 0 radical (unpaired) electrons. The van der Waals surface area contributed by atoms with Crippen molar-refractivity contribution in [1.29, 1.82) is 5.41 Å². The number of hydrogen-bond acceptors (Lipinski definition) is 5. The van der Waals surface area contributed by atoms with Crippen LogP contribution in [0.15, 0.2) is 42.5 Å². The Morgan fingerprint density at radius 2 is 2.00 bits per heavy atom. The summed E-state index contributed by atoms with van der Waals surface area (Å²) in [6, 6.07) is 11.6. The Hall–Kier alpha value is -2.86. The van der Waals surface area contributed by atoms with Gasteiger partial charge in [-0.25, -0.2) is 4.79 Å². The lowest BCUT2D eigenvalue weighted by atomic mass is 9.94. The maximum absolute atomic E-state index is 12.5. The molecule has 1 aliphatic heterocycles. The number of halogens is 1. The van der Waals surface area contributed by atoms with Crippen LogP contribution in [-0.2, 0) is 9.53 Å². The molecule has 25 heavy (non-hydrogen) atoms. The molecule has 6 nitrogen and oxygen atoms in total. The number of amides is 1. The fourth-order valence-electron chi connectivity index (χ4n) is 2.58. The molecule has 2 N–H and O–H groups in total. The molecule has 1 aliphatic rings. The molecule has 1 amide bonds. The molecule has 0 bridgehead atoms. The van der Waals surface area contributed by atoms with E-state index >= 15 is 0 Å². The van der Waals surface area contributed by atoms with Crippen LogP contribution < -0.4 is 10.1 Å². The Kier molecular flexibility index (Phi) is 4.72. The summed E-state index contributed by atoms with van der Waals surface area (Å²) in [4.78, 5) is 24.0. The Bertz CT molecular complexity index is 849. The van der Waals surface area contributed by atoms with E-state index < -0.39 is 11.9 Å². The van der Waals surface area contributed by atoms with Crippen molar-refractivity contribution in [1.82, 2.24) is 0 Å². The van der Waals surface area contributed by atoms with Gasteiger partial charge in [-0.05, 0) is 35.9 Å². The first-order valence-corrected chi connectivity index (χ1v) is 7.88. The molecule has 0 saturated carbocycles. The number of anilines is 1. The highest BCUT2D eigenvalue weighted by Gasteiger charge is 2.34. The second kappa shape index (κ2) is 6.94. The number of rotatable bonds is 4. The highest BCUT2D eigenvalue weighted by molar-refractivity contribution is 6.39. The molecule has 1 fully saturated rings. The number of methoxy groups -OCH3 is 1. The van der Waals surface area contributed by atoms with Crippen LogP contribution in [0, 0.1) is 5.41 Å². The van der Waals surface area contributed by atoms with Crippen LogP contribution in [0.4, 0.5) is 5.69 Å². The summed E-state index contributed by atoms with van der Waals surface area (Å²) < 4.78 is 10.1. The lowest BCUT2D eigenvalue weighted by molar-refractivity contribution is -0.132. The Morgan fingerprint density at radius 1 is 1.28 bits per heavy atom. The first kappa shape index (κ1) is 17.0. The molecule has 1 heterocycles. The third-order valence-electron chi connectivity index (χ3n) is 3.94. The lowest BCUT2D eigenvalue weighted by Gasteiger charge is -2.16. The minimum absolute atomic E-state index is 0.0772. The van der Waals surface area contributed by atoms with Crippen molar-refractivity contribution in [3.05, 3.63) is 58.6 Å². The average Bonchev–Trinajstić information content (AvgIpc) is 2.94. The molecule has 3 rings (SSSR count). The van der Waals surface area contributed by atoms with E-state index in [1.54, 1.807) is 42.5 Å². The normalized spacial score (nSPS) is 16.5. The summed E-state index contributed by atoms with van der Waals surface area (Å²) in [7, 11) is 1.52. The quantitative estimate of drug-likeness (QED) is 0.821. The molecule has 0 spiro atoms. The molecule has 128 valence electrons. The van der Waals surface area contributed by atoms with Crippen molar-refractivity contribution < 1.29 is 19.1 Å². The standard InChI is InChI=1S/C18H15ClN2O4/c1-24-12-6-7-13(14-9-25-18(23)16(14)20)15(8-12)21-17(22)10-2-4-11(19)5-3-10/h2-8,14,20H,9H2,1H3,(H,21,22). The number of benzene rings is 2. The predicted molar refractivity (Wildman–Crippen MR) is 93.8 cm³/mol. The monoisotopic (exact) mass is 358 g/mol. The van der Waals surface area contributed by atoms with Gasteiger partial charge < -0.3 is 14.8 Å². The van der Waals surface area contributed by atoms with Crippen LogP contribution in [0.2, 0.25) is 5.02 Å². The maximum Gasteiger partial charge on any atom is 0.352 e. The highest BCUT2D eigenvalue weighted by Crippen LogP contribution is 2.33. The number of carbonyl (C=O) groups excluding carboxylic acids is 2. The summed E-state index contributed by atoms with van der Waals surface area (Å²) in [5, 5.41) is 11.2. The Morgan fingerprint density at radius 3 is 2.60 bits per heavy atom. The van der Waals surface area contributed by atoms with E-state index in [-0.39, 0.29) is 18.2 Å². The van der Waals surface area contributed by atoms with Crippen LogP contribution >= 0.6 is 11.6 Å². The van der Waals surface area contributed by atoms with E-state index in [9.17, 15) is 9.59 Å². The minimum atomic E-state index is -0.643. The van der Waals surface area contributed by atoms with Crippen molar-refractivity contribution in [2.45, 2.75) is 5.92 Å². The average molecular weight is 359 g/mol. The van der Waals surface area contributed by atoms with E-state index in [4.69, 9.17) is 26.5 Å². The molecule has 2 aromatic rings. The topological polar surface area (TPSA) is 88.5 Å². The van der Waals surface area contributed by atoms with E-state index in [2.05, 4.69) is 5.32 Å². The summed E-state index contributed by atoms with van der Waals surface area (Å²) >= 11 is 5.84. The molecule has 7 heteroatoms. The maximum atomic E-state index is 12.5. The second-order valence-electron chi connectivity index (χ2n) is 5.48. The lowest BCUT2D eigenvalue weighted by Crippen LogP contribution is -2.17. The van der Waals surface area contributed by atoms with Gasteiger partial charge in [0.25, 0.3) is 5.91 Å². The number of carbonyl (C=O) groups is 2. The van der Waals surface area contributed by atoms with Crippen LogP contribution in [-0.4, -0.2) is 31.3 Å². The number of esters is 1. The number of cyclic esters (lactones) is 1. The number of hydrogen-bond donors (Lipinski definition) is 2. The van der Waals surface area contributed by atoms with Gasteiger partial charge in [0.15, 0.2) is 0 Å². The molecule has 0 aliphatic carbocycles. The summed E-state index contributed by atoms with van der Waals surface area (Å²) in [6.07, 6.45) is 0. The first-order chi connectivity index (χ1) is 12.0. The van der Waals surface area contributed by atoms with Crippen LogP contribution in [0.3, 0.4) is 0 Å². The van der Waals surface area contributed by atoms with E-state index in [0.717, 1.165) is 0 Å². The zero-order valence-electron chi connectivity index (χ0n) is 13.3. The van der Waals surface area contributed by atoms with Crippen molar-refractivity contribution in [3.8, 4) is 5.75 Å². The molecule has 1 atom stereocenters. The zero-order chi connectivity index (χ0) is 18.0. The van der Waals surface area contributed by atoms with Crippen molar-refractivity contribution in [3.63, 3.8) is 0 Å². The summed E-state index contributed by atoms with van der Waals surface area (Å²) in [5.74, 6) is -0.954. The van der Waals surface area contributed by atoms with Gasteiger partial charge in [-0.3, -0.25) is 10.2 Å². The number of nitrogens with one attached hydrogen (secondary N) is 2. The highest BCUT2D eigenvalue weighted by atomic mass is 35.5. The van der Waals surface area contributed by atoms with Gasteiger partial charge in [0.2, 0.25) is 0 Å². The predicted octanol–water partition coefficient (Wildman–Crippen LogP) is 3.26. The minimum Gasteiger partial charge on any atom is -0.497 e. The molecular weight excluding hydrogens is 344 g/mol. The van der Waals surface area contributed by atoms with Gasteiger partial charge in [0.05, 0.1) is 13.0 Å². The molecule has 1 saturated heterocycles. The van der Waals surface area contributed by atoms with E-state index in [1.165, 1.54) is 7.11 Å². The van der Waals surface area contributed by atoms with Crippen molar-refractivity contribution >= 4 is 34.9 Å². The second-order valence-corrected chi connectivity index (χ2v) is 5.92. The molecule has 2 aromatic carbocycles. The van der Waals surface area contributed by atoms with Gasteiger partial charge in [-0.1, -0.05) is 17.7 Å². The third kappa shape index (κ3) is 3.49. The van der Waals surface area contributed by atoms with Gasteiger partial charge in [0.1, 0.15) is 18.1 Å². The summed E-state index contributed by atoms with van der Waals surface area (Å²) in [5.41, 5.74) is 1.39. The van der Waals surface area contributed by atoms with E-state index in [0.29, 0.717) is 27.6 Å². The fraction of sp³-hybridized carbons (Fsp3) is 0.167. The number of ether oxygens (including phenoxy) is 2. The van der Waals surface area contributed by atoms with E-state index in [1.807, 2.05) is 0 Å². The van der Waals surface area contributed by atoms with Crippen LogP contribution in [0.25, 0.3) is 0 Å². The molecule has 0 aromatic heterocycles. The Balaban J connectivity index is 1.93. The van der Waals surface area contributed by atoms with Crippen LogP contribution in [0.1, 0.15) is 21.8 Å². The van der Waals surface area contributed by atoms with Gasteiger partial charge in [-0.2, -0.15) is 0 Å². The largest absolute Gasteiger partial charge is 0.497 e. The smallest absolute Gasteiger partial charge is 0.352 e. The third-order valence-corrected chi connectivity index (χ3v) is 4.19. The fourth-order valence-corrected chi connectivity index (χ4v) is 2.70. The van der Waals surface area contributed by atoms with Crippen LogP contribution in [0.5, 0.6) is 5.75 Å². The zero-order valence-corrected chi connectivity index (χ0v) is 14.1. The SMILES string of the molecule is COc1ccc(C2COC(=O)C2=N)c(NC(=O)c2ccc(Cl)cc2)c1. The summed E-state index contributed by atoms with van der Waals surface area (Å²) in [6.45, 7) is 0.0772. The molecule has 1 unspecified atom stereocenters. The van der Waals surface area contributed by atoms with Gasteiger partial charge in [0, 0.05) is 22.3 Å². The first-order valence-electron chi connectivity index (χ1n) is 7.50. The van der Waals surface area contributed by atoms with Crippen molar-refractivity contribution in [2.75, 3.05) is 19.0 Å². The van der Waals surface area contributed by atoms with Crippen molar-refractivity contribution in [2.24, 2.45) is 0 Å². The Labute approximate surface area is 149 Å². The van der Waals surface area contributed by atoms with Gasteiger partial charge in [-0.15, -0.1) is 0 Å². The molecular formula is C18H15ClN2O4. The van der Waals surface area contributed by atoms with Gasteiger partial charge >= 0.3 is 5.97 Å².